The van der Waals surface area contributed by atoms with Crippen LogP contribution < -0.4 is 26.2 Å². The summed E-state index contributed by atoms with van der Waals surface area (Å²) in [6.45, 7) is 4.32. The van der Waals surface area contributed by atoms with E-state index >= 15 is 0 Å². The third-order valence-corrected chi connectivity index (χ3v) is 12.4. The van der Waals surface area contributed by atoms with Crippen molar-refractivity contribution in [1.29, 1.82) is 0 Å². The van der Waals surface area contributed by atoms with Crippen molar-refractivity contribution in [2.75, 3.05) is 67.3 Å². The molecule has 0 spiro atoms. The standard InChI is InChI=1S/C43H49F2N11O5/c1-46-38-27(4-2-6-33(38)48-34-11-12-37(57)51-43(34)59)5-3-19-60-30-13-16-53(17-14-30)22-26-7-9-28(10-8-26)56-24-35(39(52-56)40(44)45)49-42(58)32-21-47-55-18-15-36(50-41(32)55)54-23-31-20-29(54)25-61-31/h2,4,6,15,18,20-21,24,26,28-30,34,40,46,48H,7-14,16-17,19,22-23,25H2,1H3,(H,49,58)(H,51,57,59)/t26?,28?,29-,34?/m1/s1. The van der Waals surface area contributed by atoms with E-state index in [1.165, 1.54) is 16.9 Å². The number of hydrogen-bond donors (Lipinski definition) is 4. The SMILES string of the molecule is CNc1c(C#CCOC2CCN(CC3CCC(n4cc(NC(=O)c5cnn6ccc(N7CC8=C[C@@H]7CO8)nc56)c(C(F)F)n4)CC3)CC2)cccc1NC1CCC(=O)NC1=O. The number of para-hydroxylation sites is 1. The van der Waals surface area contributed by atoms with Crippen molar-refractivity contribution in [3.8, 4) is 11.8 Å². The molecule has 2 bridgehead atoms. The molecular formula is C43H49F2N11O5. The summed E-state index contributed by atoms with van der Waals surface area (Å²) < 4.78 is 43.4. The van der Waals surface area contributed by atoms with E-state index < -0.39 is 24.1 Å². The van der Waals surface area contributed by atoms with E-state index in [9.17, 15) is 23.2 Å². The van der Waals surface area contributed by atoms with Crippen LogP contribution in [0.2, 0.25) is 0 Å². The van der Waals surface area contributed by atoms with Crippen molar-refractivity contribution in [3.05, 3.63) is 71.5 Å². The number of nitrogens with one attached hydrogen (secondary N) is 4. The number of alkyl halides is 2. The summed E-state index contributed by atoms with van der Waals surface area (Å²) in [5.74, 6) is 7.28. The molecule has 4 N–H and O–H groups in total. The maximum absolute atomic E-state index is 14.3. The molecule has 5 aliphatic rings. The summed E-state index contributed by atoms with van der Waals surface area (Å²) in [5.41, 5.74) is 2.37. The molecule has 4 aromatic rings. The average Bonchev–Trinajstić information content (AvgIpc) is 4.09. The fourth-order valence-electron chi connectivity index (χ4n) is 9.11. The monoisotopic (exact) mass is 837 g/mol. The number of benzene rings is 1. The van der Waals surface area contributed by atoms with Crippen LogP contribution in [0.5, 0.6) is 0 Å². The Hall–Kier alpha value is -6.06. The second kappa shape index (κ2) is 17.5. The number of hydrogen-bond acceptors (Lipinski definition) is 12. The zero-order chi connectivity index (χ0) is 42.0. The normalized spacial score (nSPS) is 23.1. The Morgan fingerprint density at radius 1 is 1.08 bits per heavy atom. The van der Waals surface area contributed by atoms with Crippen molar-refractivity contribution in [1.82, 2.24) is 34.6 Å². The van der Waals surface area contributed by atoms with Crippen molar-refractivity contribution in [2.45, 2.75) is 82.0 Å². The molecule has 7 heterocycles. The molecule has 9 rings (SSSR count). The summed E-state index contributed by atoms with van der Waals surface area (Å²) in [6, 6.07) is 7.06. The van der Waals surface area contributed by atoms with Crippen molar-refractivity contribution in [3.63, 3.8) is 0 Å². The van der Waals surface area contributed by atoms with Gasteiger partial charge in [0.2, 0.25) is 11.8 Å². The molecule has 4 aliphatic heterocycles. The highest BCUT2D eigenvalue weighted by Gasteiger charge is 2.34. The smallest absolute Gasteiger partial charge is 0.284 e. The summed E-state index contributed by atoms with van der Waals surface area (Å²) in [7, 11) is 1.81. The lowest BCUT2D eigenvalue weighted by atomic mass is 9.85. The van der Waals surface area contributed by atoms with Crippen LogP contribution in [0.1, 0.15) is 85.4 Å². The molecule has 2 atom stereocenters. The number of carbonyl (C=O) groups excluding carboxylic acids is 3. The molecule has 3 amide bonds. The Bertz CT molecular complexity index is 2390. The molecule has 1 saturated carbocycles. The molecule has 18 heteroatoms. The van der Waals surface area contributed by atoms with Gasteiger partial charge in [-0.05, 0) is 75.1 Å². The highest BCUT2D eigenvalue weighted by molar-refractivity contribution is 6.08. The first-order valence-electron chi connectivity index (χ1n) is 21.1. The van der Waals surface area contributed by atoms with Gasteiger partial charge in [-0.2, -0.15) is 10.2 Å². The van der Waals surface area contributed by atoms with E-state index in [1.54, 1.807) is 17.9 Å². The van der Waals surface area contributed by atoms with Crippen LogP contribution >= 0.6 is 0 Å². The zero-order valence-corrected chi connectivity index (χ0v) is 33.9. The van der Waals surface area contributed by atoms with Gasteiger partial charge in [0.15, 0.2) is 11.3 Å². The van der Waals surface area contributed by atoms with Crippen LogP contribution in [0.3, 0.4) is 0 Å². The molecule has 2 saturated heterocycles. The maximum atomic E-state index is 14.3. The zero-order valence-electron chi connectivity index (χ0n) is 33.9. The second-order valence-electron chi connectivity index (χ2n) is 16.3. The van der Waals surface area contributed by atoms with Crippen LogP contribution in [0.4, 0.5) is 31.7 Å². The van der Waals surface area contributed by atoms with Crippen molar-refractivity contribution >= 4 is 46.2 Å². The summed E-state index contributed by atoms with van der Waals surface area (Å²) in [6.07, 6.45) is 10.1. The number of nitrogens with zero attached hydrogens (tertiary/aromatic N) is 7. The van der Waals surface area contributed by atoms with E-state index in [0.717, 1.165) is 80.9 Å². The van der Waals surface area contributed by atoms with Crippen LogP contribution in [0, 0.1) is 17.8 Å². The van der Waals surface area contributed by atoms with Crippen molar-refractivity contribution < 1.29 is 32.6 Å². The van der Waals surface area contributed by atoms with Crippen molar-refractivity contribution in [2.24, 2.45) is 5.92 Å². The first kappa shape index (κ1) is 40.4. The highest BCUT2D eigenvalue weighted by Crippen LogP contribution is 2.36. The quantitative estimate of drug-likeness (QED) is 0.114. The van der Waals surface area contributed by atoms with Gasteiger partial charge in [0, 0.05) is 51.1 Å². The number of morpholine rings is 1. The number of halogens is 2. The maximum Gasteiger partial charge on any atom is 0.284 e. The summed E-state index contributed by atoms with van der Waals surface area (Å²) >= 11 is 0. The van der Waals surface area contributed by atoms with E-state index in [0.29, 0.717) is 50.0 Å². The topological polar surface area (TPSA) is 172 Å². The van der Waals surface area contributed by atoms with Crippen LogP contribution in [0.15, 0.2) is 54.7 Å². The minimum Gasteiger partial charge on any atom is -0.494 e. The number of amides is 3. The number of likely N-dealkylation sites (tertiary alicyclic amines) is 1. The molecule has 320 valence electrons. The summed E-state index contributed by atoms with van der Waals surface area (Å²) in [4.78, 5) is 46.6. The fourth-order valence-corrected chi connectivity index (χ4v) is 9.11. The van der Waals surface area contributed by atoms with E-state index in [4.69, 9.17) is 14.5 Å². The van der Waals surface area contributed by atoms with Gasteiger partial charge in [-0.25, -0.2) is 18.3 Å². The lowest BCUT2D eigenvalue weighted by Crippen LogP contribution is -2.47. The Balaban J connectivity index is 0.732. The molecular weight excluding hydrogens is 789 g/mol. The Morgan fingerprint density at radius 3 is 2.66 bits per heavy atom. The molecule has 1 aromatic carbocycles. The molecule has 3 aromatic heterocycles. The third kappa shape index (κ3) is 8.75. The van der Waals surface area contributed by atoms with Gasteiger partial charge >= 0.3 is 0 Å². The van der Waals surface area contributed by atoms with Crippen LogP contribution in [-0.2, 0) is 19.1 Å². The van der Waals surface area contributed by atoms with Crippen LogP contribution in [0.25, 0.3) is 5.65 Å². The molecule has 3 fully saturated rings. The number of anilines is 4. The Labute approximate surface area is 351 Å². The largest absolute Gasteiger partial charge is 0.494 e. The van der Waals surface area contributed by atoms with Crippen LogP contribution in [-0.4, -0.2) is 112 Å². The summed E-state index contributed by atoms with van der Waals surface area (Å²) in [5, 5.41) is 20.1. The van der Waals surface area contributed by atoms with Gasteiger partial charge in [0.1, 0.15) is 36.4 Å². The van der Waals surface area contributed by atoms with E-state index in [1.807, 2.05) is 24.3 Å². The third-order valence-electron chi connectivity index (χ3n) is 12.4. The minimum absolute atomic E-state index is 0.00930. The number of ether oxygens (including phenoxy) is 2. The fraction of sp³-hybridized carbons (Fsp3) is 0.488. The first-order valence-corrected chi connectivity index (χ1v) is 21.1. The average molecular weight is 838 g/mol. The molecule has 16 nitrogen and oxygen atoms in total. The predicted molar refractivity (Wildman–Crippen MR) is 222 cm³/mol. The number of carbonyl (C=O) groups is 3. The molecule has 1 unspecified atom stereocenters. The number of rotatable bonds is 12. The first-order chi connectivity index (χ1) is 29.7. The number of piperidine rings is 2. The molecule has 1 aliphatic carbocycles. The van der Waals surface area contributed by atoms with Gasteiger partial charge in [-0.3, -0.25) is 24.4 Å². The minimum atomic E-state index is -2.86. The number of fused-ring (bicyclic) bond motifs is 2. The van der Waals surface area contributed by atoms with Gasteiger partial charge in [0.05, 0.1) is 48.0 Å². The van der Waals surface area contributed by atoms with E-state index in [-0.39, 0.29) is 41.3 Å². The number of aromatic nitrogens is 5. The lowest BCUT2D eigenvalue weighted by molar-refractivity contribution is -0.133. The Kier molecular flexibility index (Phi) is 11.6. The predicted octanol–water partition coefficient (Wildman–Crippen LogP) is 4.74. The molecule has 0 radical (unpaired) electrons. The van der Waals surface area contributed by atoms with Gasteiger partial charge < -0.3 is 35.2 Å². The second-order valence-corrected chi connectivity index (χ2v) is 16.3. The van der Waals surface area contributed by atoms with Gasteiger partial charge in [0.25, 0.3) is 12.3 Å². The van der Waals surface area contributed by atoms with E-state index in [2.05, 4.69) is 59.2 Å². The molecule has 61 heavy (non-hydrogen) atoms. The Morgan fingerprint density at radius 2 is 1.92 bits per heavy atom. The van der Waals surface area contributed by atoms with Gasteiger partial charge in [-0.15, -0.1) is 0 Å². The number of imide groups is 1. The highest BCUT2D eigenvalue weighted by atomic mass is 19.3. The lowest BCUT2D eigenvalue weighted by Gasteiger charge is -2.36. The van der Waals surface area contributed by atoms with Gasteiger partial charge in [-0.1, -0.05) is 17.9 Å².